The van der Waals surface area contributed by atoms with Crippen molar-refractivity contribution >= 4 is 41.5 Å². The second kappa shape index (κ2) is 5.51. The van der Waals surface area contributed by atoms with Crippen LogP contribution >= 0.6 is 35.5 Å². The fraction of sp³-hybridized carbons (Fsp3) is 0.636. The molecule has 0 bridgehead atoms. The lowest BCUT2D eigenvalue weighted by Gasteiger charge is -2.23. The zero-order valence-corrected chi connectivity index (χ0v) is 12.9. The van der Waals surface area contributed by atoms with E-state index in [9.17, 15) is 0 Å². The summed E-state index contributed by atoms with van der Waals surface area (Å²) in [5.74, 6) is 1.09. The van der Waals surface area contributed by atoms with Gasteiger partial charge in [-0.15, -0.1) is 24.0 Å². The van der Waals surface area contributed by atoms with Crippen LogP contribution in [-0.2, 0) is 0 Å². The molecule has 1 aromatic heterocycles. The van der Waals surface area contributed by atoms with E-state index in [1.165, 1.54) is 17.7 Å². The summed E-state index contributed by atoms with van der Waals surface area (Å²) >= 11 is 1.55. The van der Waals surface area contributed by atoms with E-state index in [0.717, 1.165) is 19.0 Å². The number of nitrogens with zero attached hydrogens (tertiary/aromatic N) is 3. The average molecular weight is 364 g/mol. The first kappa shape index (κ1) is 13.1. The van der Waals surface area contributed by atoms with Crippen LogP contribution in [0, 0.1) is 0 Å². The van der Waals surface area contributed by atoms with Crippen LogP contribution in [0.15, 0.2) is 17.3 Å². The lowest BCUT2D eigenvalue weighted by atomic mass is 10.2. The lowest BCUT2D eigenvalue weighted by Crippen LogP contribution is -2.40. The second-order valence-electron chi connectivity index (χ2n) is 4.43. The summed E-state index contributed by atoms with van der Waals surface area (Å²) in [6.45, 7) is 4.29. The molecule has 2 aliphatic heterocycles. The van der Waals surface area contributed by atoms with Gasteiger partial charge < -0.3 is 10.2 Å². The Hall–Kier alpha value is -0.370. The zero-order valence-electron chi connectivity index (χ0n) is 9.80. The molecule has 0 amide bonds. The third-order valence-electron chi connectivity index (χ3n) is 3.33. The summed E-state index contributed by atoms with van der Waals surface area (Å²) in [5, 5.41) is 3.50. The third-order valence-corrected chi connectivity index (χ3v) is 4.26. The summed E-state index contributed by atoms with van der Waals surface area (Å²) in [6.07, 6.45) is 4.46. The highest BCUT2D eigenvalue weighted by atomic mass is 127. The van der Waals surface area contributed by atoms with E-state index < -0.39 is 0 Å². The minimum atomic E-state index is 0. The number of nitrogens with one attached hydrogen (secondary N) is 1. The molecule has 94 valence electrons. The van der Waals surface area contributed by atoms with Crippen molar-refractivity contribution in [3.63, 3.8) is 0 Å². The zero-order chi connectivity index (χ0) is 11.0. The Morgan fingerprint density at radius 2 is 2.47 bits per heavy atom. The van der Waals surface area contributed by atoms with E-state index in [-0.39, 0.29) is 24.0 Å². The Balaban J connectivity index is 0.00000108. The van der Waals surface area contributed by atoms with E-state index >= 15 is 0 Å². The van der Waals surface area contributed by atoms with E-state index in [2.05, 4.69) is 32.6 Å². The molecule has 0 spiro atoms. The van der Waals surface area contributed by atoms with Gasteiger partial charge in [-0.25, -0.2) is 4.37 Å². The summed E-state index contributed by atoms with van der Waals surface area (Å²) in [6, 6.07) is 3.04. The van der Waals surface area contributed by atoms with Crippen molar-refractivity contribution in [2.75, 3.05) is 13.1 Å². The molecule has 1 aromatic rings. The van der Waals surface area contributed by atoms with Crippen molar-refractivity contribution in [3.05, 3.63) is 17.1 Å². The van der Waals surface area contributed by atoms with Gasteiger partial charge in [0, 0.05) is 17.6 Å². The summed E-state index contributed by atoms with van der Waals surface area (Å²) in [4.78, 5) is 8.27. The van der Waals surface area contributed by atoms with Crippen LogP contribution in [0.25, 0.3) is 0 Å². The quantitative estimate of drug-likeness (QED) is 0.819. The molecule has 2 aliphatic rings. The molecule has 17 heavy (non-hydrogen) atoms. The van der Waals surface area contributed by atoms with Gasteiger partial charge >= 0.3 is 0 Å². The van der Waals surface area contributed by atoms with Crippen LogP contribution in [0.1, 0.15) is 30.7 Å². The molecular weight excluding hydrogens is 347 g/mol. The van der Waals surface area contributed by atoms with Gasteiger partial charge in [-0.1, -0.05) is 0 Å². The van der Waals surface area contributed by atoms with Gasteiger partial charge in [0.05, 0.1) is 18.6 Å². The van der Waals surface area contributed by atoms with Crippen LogP contribution in [0.3, 0.4) is 0 Å². The molecule has 4 nitrogen and oxygen atoms in total. The van der Waals surface area contributed by atoms with Crippen LogP contribution in [-0.4, -0.2) is 34.4 Å². The SMILES string of the molecule is CC(NC1=NC[C@H]2CCCN12)c1ccns1.I. The Kier molecular flexibility index (Phi) is 4.24. The van der Waals surface area contributed by atoms with Crippen LogP contribution in [0.2, 0.25) is 0 Å². The second-order valence-corrected chi connectivity index (χ2v) is 5.30. The highest BCUT2D eigenvalue weighted by Crippen LogP contribution is 2.24. The van der Waals surface area contributed by atoms with Gasteiger partial charge in [-0.2, -0.15) is 0 Å². The summed E-state index contributed by atoms with van der Waals surface area (Å²) in [5.41, 5.74) is 0. The van der Waals surface area contributed by atoms with Crippen molar-refractivity contribution < 1.29 is 0 Å². The van der Waals surface area contributed by atoms with Gasteiger partial charge in [-0.3, -0.25) is 4.99 Å². The Labute approximate surface area is 123 Å². The summed E-state index contributed by atoms with van der Waals surface area (Å²) in [7, 11) is 0. The normalized spacial score (nSPS) is 23.9. The molecule has 1 fully saturated rings. The number of fused-ring (bicyclic) bond motifs is 1. The first-order chi connectivity index (χ1) is 7.84. The molecule has 1 saturated heterocycles. The summed E-state index contributed by atoms with van der Waals surface area (Å²) < 4.78 is 4.13. The number of hydrogen-bond donors (Lipinski definition) is 1. The maximum atomic E-state index is 4.59. The maximum Gasteiger partial charge on any atom is 0.194 e. The molecule has 1 N–H and O–H groups in total. The molecule has 6 heteroatoms. The van der Waals surface area contributed by atoms with Gasteiger partial charge in [0.25, 0.3) is 0 Å². The van der Waals surface area contributed by atoms with Gasteiger partial charge in [0.15, 0.2) is 5.96 Å². The highest BCUT2D eigenvalue weighted by molar-refractivity contribution is 14.0. The van der Waals surface area contributed by atoms with Crippen molar-refractivity contribution in [2.24, 2.45) is 4.99 Å². The van der Waals surface area contributed by atoms with Crippen LogP contribution < -0.4 is 5.32 Å². The van der Waals surface area contributed by atoms with E-state index in [1.807, 2.05) is 6.20 Å². The number of hydrogen-bond acceptors (Lipinski definition) is 5. The minimum absolute atomic E-state index is 0. The van der Waals surface area contributed by atoms with Gasteiger partial charge in [0.2, 0.25) is 0 Å². The standard InChI is InChI=1S/C11H16N4S.HI/c1-8(10-4-5-13-16-10)14-11-12-7-9-3-2-6-15(9)11;/h4-5,8-9H,2-3,6-7H2,1H3,(H,12,14);1H/t8?,9-;/m1./s1. The topological polar surface area (TPSA) is 40.5 Å². The monoisotopic (exact) mass is 364 g/mol. The number of aromatic nitrogens is 1. The van der Waals surface area contributed by atoms with Gasteiger partial charge in [-0.05, 0) is 37.4 Å². The molecule has 1 unspecified atom stereocenters. The maximum absolute atomic E-state index is 4.59. The van der Waals surface area contributed by atoms with E-state index in [0.29, 0.717) is 12.1 Å². The van der Waals surface area contributed by atoms with Crippen molar-refractivity contribution in [1.82, 2.24) is 14.6 Å². The molecule has 2 atom stereocenters. The number of aliphatic imine (C=N–C) groups is 1. The molecule has 3 rings (SSSR count). The predicted octanol–water partition coefficient (Wildman–Crippen LogP) is 2.25. The molecular formula is C11H17IN4S. The van der Waals surface area contributed by atoms with Gasteiger partial charge in [0.1, 0.15) is 0 Å². The Bertz CT molecular complexity index is 392. The Morgan fingerprint density at radius 3 is 3.24 bits per heavy atom. The fourth-order valence-electron chi connectivity index (χ4n) is 2.43. The first-order valence-electron chi connectivity index (χ1n) is 5.83. The lowest BCUT2D eigenvalue weighted by molar-refractivity contribution is 0.413. The minimum Gasteiger partial charge on any atom is -0.349 e. The predicted molar refractivity (Wildman–Crippen MR) is 81.1 cm³/mol. The van der Waals surface area contributed by atoms with Crippen molar-refractivity contribution in [2.45, 2.75) is 31.8 Å². The third kappa shape index (κ3) is 2.57. The average Bonchev–Trinajstić information content (AvgIpc) is 2.94. The molecule has 0 radical (unpaired) electrons. The van der Waals surface area contributed by atoms with E-state index in [4.69, 9.17) is 0 Å². The van der Waals surface area contributed by atoms with Crippen molar-refractivity contribution in [1.29, 1.82) is 0 Å². The molecule has 3 heterocycles. The van der Waals surface area contributed by atoms with Crippen molar-refractivity contribution in [3.8, 4) is 0 Å². The van der Waals surface area contributed by atoms with Crippen LogP contribution in [0.5, 0.6) is 0 Å². The molecule has 0 aliphatic carbocycles. The smallest absolute Gasteiger partial charge is 0.194 e. The number of guanidine groups is 1. The first-order valence-corrected chi connectivity index (χ1v) is 6.60. The fourth-order valence-corrected chi connectivity index (χ4v) is 3.01. The Morgan fingerprint density at radius 1 is 1.59 bits per heavy atom. The molecule has 0 saturated carbocycles. The highest BCUT2D eigenvalue weighted by Gasteiger charge is 2.32. The number of rotatable bonds is 2. The largest absolute Gasteiger partial charge is 0.349 e. The van der Waals surface area contributed by atoms with E-state index in [1.54, 1.807) is 11.5 Å². The number of halogens is 1. The van der Waals surface area contributed by atoms with Crippen LogP contribution in [0.4, 0.5) is 0 Å². The molecule has 0 aromatic carbocycles.